The second-order valence-electron chi connectivity index (χ2n) is 4.87. The van der Waals surface area contributed by atoms with Crippen LogP contribution in [0.3, 0.4) is 0 Å². The third kappa shape index (κ3) is 5.11. The Morgan fingerprint density at radius 2 is 1.88 bits per heavy atom. The molecule has 0 atom stereocenters. The molecule has 0 spiro atoms. The van der Waals surface area contributed by atoms with Crippen molar-refractivity contribution in [2.24, 2.45) is 0 Å². The molecule has 2 aromatic rings. The fraction of sp³-hybridized carbons (Fsp3) is 0.111. The van der Waals surface area contributed by atoms with E-state index >= 15 is 0 Å². The number of hydrogen-bond acceptors (Lipinski definition) is 2. The Bertz CT molecular complexity index is 823. The van der Waals surface area contributed by atoms with Gasteiger partial charge in [0.1, 0.15) is 5.82 Å². The van der Waals surface area contributed by atoms with E-state index in [1.54, 1.807) is 24.3 Å². The number of rotatable bonds is 3. The maximum atomic E-state index is 12.9. The van der Waals surface area contributed by atoms with Gasteiger partial charge in [0.05, 0.1) is 17.1 Å². The summed E-state index contributed by atoms with van der Waals surface area (Å²) in [5.41, 5.74) is 1.63. The van der Waals surface area contributed by atoms with Gasteiger partial charge in [-0.1, -0.05) is 23.4 Å². The molecule has 24 heavy (non-hydrogen) atoms. The molecule has 2 aromatic carbocycles. The van der Waals surface area contributed by atoms with Gasteiger partial charge in [-0.25, -0.2) is 4.39 Å². The lowest BCUT2D eigenvalue weighted by molar-refractivity contribution is -0.114. The van der Waals surface area contributed by atoms with Crippen LogP contribution in [0.5, 0.6) is 0 Å². The normalized spacial score (nSPS) is 9.62. The standard InChI is InChI=1S/C18H14ClFN2O2/c1-12(23)22-15-7-4-13(5-8-15)3-2-10-21-18(24)16-9-6-14(20)11-17(16)19/h4-9,11H,10H2,1H3,(H,21,24)(H,22,23). The largest absolute Gasteiger partial charge is 0.341 e. The van der Waals surface area contributed by atoms with Crippen molar-refractivity contribution < 1.29 is 14.0 Å². The van der Waals surface area contributed by atoms with Crippen molar-refractivity contribution in [2.45, 2.75) is 6.92 Å². The van der Waals surface area contributed by atoms with Crippen molar-refractivity contribution in [1.82, 2.24) is 5.32 Å². The number of nitrogens with one attached hydrogen (secondary N) is 2. The highest BCUT2D eigenvalue weighted by Crippen LogP contribution is 2.16. The van der Waals surface area contributed by atoms with E-state index in [9.17, 15) is 14.0 Å². The Kier molecular flexibility index (Phi) is 5.94. The Morgan fingerprint density at radius 3 is 2.50 bits per heavy atom. The molecular formula is C18H14ClFN2O2. The summed E-state index contributed by atoms with van der Waals surface area (Å²) in [5, 5.41) is 5.30. The van der Waals surface area contributed by atoms with Crippen molar-refractivity contribution in [3.8, 4) is 11.8 Å². The van der Waals surface area contributed by atoms with Crippen LogP contribution in [0, 0.1) is 17.7 Å². The van der Waals surface area contributed by atoms with Crippen LogP contribution in [0.25, 0.3) is 0 Å². The molecule has 0 saturated heterocycles. The van der Waals surface area contributed by atoms with Crippen molar-refractivity contribution in [3.05, 3.63) is 64.4 Å². The summed E-state index contributed by atoms with van der Waals surface area (Å²) in [5.74, 6) is 4.63. The summed E-state index contributed by atoms with van der Waals surface area (Å²) < 4.78 is 12.9. The van der Waals surface area contributed by atoms with Crippen molar-refractivity contribution >= 4 is 29.1 Å². The summed E-state index contributed by atoms with van der Waals surface area (Å²) in [6, 6.07) is 10.6. The lowest BCUT2D eigenvalue weighted by Gasteiger charge is -2.03. The zero-order valence-electron chi connectivity index (χ0n) is 12.8. The number of anilines is 1. The van der Waals surface area contributed by atoms with Crippen LogP contribution in [0.15, 0.2) is 42.5 Å². The first kappa shape index (κ1) is 17.5. The summed E-state index contributed by atoms with van der Waals surface area (Å²) >= 11 is 5.82. The Hall–Kier alpha value is -2.84. The van der Waals surface area contributed by atoms with Crippen LogP contribution >= 0.6 is 11.6 Å². The molecule has 2 amide bonds. The van der Waals surface area contributed by atoms with Crippen LogP contribution in [0.2, 0.25) is 5.02 Å². The van der Waals surface area contributed by atoms with Crippen molar-refractivity contribution in [1.29, 1.82) is 0 Å². The SMILES string of the molecule is CC(=O)Nc1ccc(C#CCNC(=O)c2ccc(F)cc2Cl)cc1. The number of hydrogen-bond donors (Lipinski definition) is 2. The summed E-state index contributed by atoms with van der Waals surface area (Å²) in [6.07, 6.45) is 0. The third-order valence-electron chi connectivity index (χ3n) is 2.95. The van der Waals surface area contributed by atoms with Crippen LogP contribution < -0.4 is 10.6 Å². The summed E-state index contributed by atoms with van der Waals surface area (Å²) in [4.78, 5) is 22.8. The molecule has 0 fully saturated rings. The van der Waals surface area contributed by atoms with E-state index in [4.69, 9.17) is 11.6 Å². The van der Waals surface area contributed by atoms with Crippen molar-refractivity contribution in [3.63, 3.8) is 0 Å². The van der Waals surface area contributed by atoms with Gasteiger partial charge in [-0.3, -0.25) is 9.59 Å². The van der Waals surface area contributed by atoms with Crippen molar-refractivity contribution in [2.75, 3.05) is 11.9 Å². The van der Waals surface area contributed by atoms with Crippen LogP contribution in [-0.2, 0) is 4.79 Å². The van der Waals surface area contributed by atoms with E-state index in [0.717, 1.165) is 11.6 Å². The molecule has 0 aromatic heterocycles. The fourth-order valence-corrected chi connectivity index (χ4v) is 2.13. The minimum absolute atomic E-state index is 0.0500. The van der Waals surface area contributed by atoms with Gasteiger partial charge in [-0.2, -0.15) is 0 Å². The Balaban J connectivity index is 1.91. The van der Waals surface area contributed by atoms with Gasteiger partial charge in [-0.05, 0) is 42.5 Å². The molecule has 0 radical (unpaired) electrons. The number of carbonyl (C=O) groups is 2. The molecule has 0 unspecified atom stereocenters. The zero-order valence-corrected chi connectivity index (χ0v) is 13.6. The highest BCUT2D eigenvalue weighted by molar-refractivity contribution is 6.33. The second kappa shape index (κ2) is 8.14. The quantitative estimate of drug-likeness (QED) is 0.840. The molecule has 0 aliphatic rings. The molecule has 122 valence electrons. The maximum absolute atomic E-state index is 12.9. The molecule has 2 N–H and O–H groups in total. The molecule has 0 aliphatic heterocycles. The lowest BCUT2D eigenvalue weighted by Crippen LogP contribution is -2.23. The fourth-order valence-electron chi connectivity index (χ4n) is 1.88. The highest BCUT2D eigenvalue weighted by atomic mass is 35.5. The molecule has 4 nitrogen and oxygen atoms in total. The lowest BCUT2D eigenvalue weighted by atomic mass is 10.2. The first-order chi connectivity index (χ1) is 11.5. The van der Waals surface area contributed by atoms with Gasteiger partial charge in [0, 0.05) is 18.2 Å². The third-order valence-corrected chi connectivity index (χ3v) is 3.26. The highest BCUT2D eigenvalue weighted by Gasteiger charge is 2.09. The van der Waals surface area contributed by atoms with Crippen LogP contribution in [0.1, 0.15) is 22.8 Å². The number of amides is 2. The first-order valence-corrected chi connectivity index (χ1v) is 7.43. The Labute approximate surface area is 144 Å². The minimum Gasteiger partial charge on any atom is -0.341 e. The molecule has 0 bridgehead atoms. The predicted octanol–water partition coefficient (Wildman–Crippen LogP) is 3.22. The Morgan fingerprint density at radius 1 is 1.17 bits per heavy atom. The predicted molar refractivity (Wildman–Crippen MR) is 91.4 cm³/mol. The van der Waals surface area contributed by atoms with E-state index < -0.39 is 11.7 Å². The van der Waals surface area contributed by atoms with E-state index in [2.05, 4.69) is 22.5 Å². The van der Waals surface area contributed by atoms with E-state index in [0.29, 0.717) is 5.69 Å². The molecule has 0 saturated carbocycles. The van der Waals surface area contributed by atoms with Gasteiger partial charge in [-0.15, -0.1) is 0 Å². The average molecular weight is 345 g/mol. The number of halogens is 2. The average Bonchev–Trinajstić information content (AvgIpc) is 2.52. The number of benzene rings is 2. The molecule has 6 heteroatoms. The smallest absolute Gasteiger partial charge is 0.253 e. The number of carbonyl (C=O) groups excluding carboxylic acids is 2. The van der Waals surface area contributed by atoms with E-state index in [-0.39, 0.29) is 23.0 Å². The van der Waals surface area contributed by atoms with E-state index in [1.165, 1.54) is 19.1 Å². The van der Waals surface area contributed by atoms with Crippen LogP contribution in [-0.4, -0.2) is 18.4 Å². The first-order valence-electron chi connectivity index (χ1n) is 7.05. The van der Waals surface area contributed by atoms with Gasteiger partial charge in [0.2, 0.25) is 5.91 Å². The van der Waals surface area contributed by atoms with Crippen LogP contribution in [0.4, 0.5) is 10.1 Å². The summed E-state index contributed by atoms with van der Waals surface area (Å²) in [7, 11) is 0. The maximum Gasteiger partial charge on any atom is 0.253 e. The van der Waals surface area contributed by atoms with Gasteiger partial charge in [0.25, 0.3) is 5.91 Å². The van der Waals surface area contributed by atoms with Gasteiger partial charge < -0.3 is 10.6 Å². The summed E-state index contributed by atoms with van der Waals surface area (Å²) in [6.45, 7) is 1.56. The van der Waals surface area contributed by atoms with Gasteiger partial charge in [0.15, 0.2) is 0 Å². The van der Waals surface area contributed by atoms with E-state index in [1.807, 2.05) is 0 Å². The van der Waals surface area contributed by atoms with Gasteiger partial charge >= 0.3 is 0 Å². The monoisotopic (exact) mass is 344 g/mol. The molecular weight excluding hydrogens is 331 g/mol. The molecule has 0 aliphatic carbocycles. The molecule has 0 heterocycles. The topological polar surface area (TPSA) is 58.2 Å². The zero-order chi connectivity index (χ0) is 17.5. The minimum atomic E-state index is -0.501. The molecule has 2 rings (SSSR count). The second-order valence-corrected chi connectivity index (χ2v) is 5.27.